The molecule has 2 aromatic rings. The van der Waals surface area contributed by atoms with Crippen molar-refractivity contribution in [2.75, 3.05) is 18.0 Å². The van der Waals surface area contributed by atoms with E-state index >= 15 is 0 Å². The molecule has 0 atom stereocenters. The summed E-state index contributed by atoms with van der Waals surface area (Å²) < 4.78 is 12.9. The largest absolute Gasteiger partial charge is 0.481 e. The van der Waals surface area contributed by atoms with E-state index in [1.165, 1.54) is 23.5 Å². The highest BCUT2D eigenvalue weighted by atomic mass is 32.1. The van der Waals surface area contributed by atoms with Gasteiger partial charge in [-0.25, -0.2) is 9.37 Å². The number of thiazole rings is 1. The number of aromatic nitrogens is 1. The first-order chi connectivity index (χ1) is 10.1. The van der Waals surface area contributed by atoms with Gasteiger partial charge in [0.05, 0.1) is 12.1 Å². The molecule has 0 radical (unpaired) electrons. The second-order valence-corrected chi connectivity index (χ2v) is 5.24. The maximum atomic E-state index is 12.9. The average Bonchev–Trinajstić information content (AvgIpc) is 2.93. The van der Waals surface area contributed by atoms with Crippen molar-refractivity contribution in [1.29, 1.82) is 0 Å². The molecule has 0 unspecified atom stereocenters. The number of anilines is 1. The lowest BCUT2D eigenvalue weighted by Gasteiger charge is -2.18. The summed E-state index contributed by atoms with van der Waals surface area (Å²) in [6.07, 6.45) is 1.75. The first-order valence-corrected chi connectivity index (χ1v) is 7.27. The molecule has 0 saturated heterocycles. The van der Waals surface area contributed by atoms with Crippen LogP contribution in [0.25, 0.3) is 11.3 Å². The molecule has 1 aromatic carbocycles. The van der Waals surface area contributed by atoms with Gasteiger partial charge in [-0.1, -0.05) is 6.08 Å². The molecule has 1 aromatic heterocycles. The van der Waals surface area contributed by atoms with Gasteiger partial charge in [-0.05, 0) is 24.3 Å². The number of nitrogens with zero attached hydrogens (tertiary/aromatic N) is 2. The van der Waals surface area contributed by atoms with Gasteiger partial charge in [-0.15, -0.1) is 17.9 Å². The average molecular weight is 306 g/mol. The van der Waals surface area contributed by atoms with Crippen molar-refractivity contribution in [3.8, 4) is 11.3 Å². The first kappa shape index (κ1) is 15.2. The van der Waals surface area contributed by atoms with Crippen LogP contribution in [0.4, 0.5) is 9.52 Å². The van der Waals surface area contributed by atoms with Crippen LogP contribution in [-0.4, -0.2) is 29.1 Å². The Labute approximate surface area is 126 Å². The number of aliphatic carboxylic acids is 1. The summed E-state index contributed by atoms with van der Waals surface area (Å²) in [7, 11) is 0. The van der Waals surface area contributed by atoms with Gasteiger partial charge in [0.25, 0.3) is 0 Å². The zero-order chi connectivity index (χ0) is 15.2. The van der Waals surface area contributed by atoms with Gasteiger partial charge in [0, 0.05) is 24.0 Å². The van der Waals surface area contributed by atoms with Crippen LogP contribution in [0.2, 0.25) is 0 Å². The van der Waals surface area contributed by atoms with Crippen molar-refractivity contribution in [3.63, 3.8) is 0 Å². The van der Waals surface area contributed by atoms with E-state index < -0.39 is 5.97 Å². The molecule has 0 saturated carbocycles. The van der Waals surface area contributed by atoms with Gasteiger partial charge in [-0.2, -0.15) is 0 Å². The van der Waals surface area contributed by atoms with Crippen molar-refractivity contribution in [2.45, 2.75) is 6.42 Å². The predicted octanol–water partition coefficient (Wildman–Crippen LogP) is 3.42. The lowest BCUT2D eigenvalue weighted by atomic mass is 10.2. The van der Waals surface area contributed by atoms with Gasteiger partial charge < -0.3 is 10.0 Å². The highest BCUT2D eigenvalue weighted by Gasteiger charge is 2.12. The van der Waals surface area contributed by atoms with Gasteiger partial charge >= 0.3 is 5.97 Å². The maximum Gasteiger partial charge on any atom is 0.305 e. The Balaban J connectivity index is 2.17. The first-order valence-electron chi connectivity index (χ1n) is 6.39. The maximum absolute atomic E-state index is 12.9. The van der Waals surface area contributed by atoms with Crippen LogP contribution in [0.15, 0.2) is 42.3 Å². The standard InChI is InChI=1S/C15H15FN2O2S/c1-2-8-18(9-7-14(19)20)15-17-13(10-21-15)11-3-5-12(16)6-4-11/h2-6,10H,1,7-9H2,(H,19,20). The Morgan fingerprint density at radius 1 is 1.43 bits per heavy atom. The van der Waals surface area contributed by atoms with E-state index in [2.05, 4.69) is 11.6 Å². The summed E-state index contributed by atoms with van der Waals surface area (Å²) in [5.41, 5.74) is 1.58. The topological polar surface area (TPSA) is 53.4 Å². The second-order valence-electron chi connectivity index (χ2n) is 4.40. The summed E-state index contributed by atoms with van der Waals surface area (Å²) in [5.74, 6) is -1.14. The van der Waals surface area contributed by atoms with E-state index in [4.69, 9.17) is 5.11 Å². The molecule has 0 aliphatic heterocycles. The van der Waals surface area contributed by atoms with Gasteiger partial charge in [0.1, 0.15) is 5.82 Å². The molecule has 0 bridgehead atoms. The van der Waals surface area contributed by atoms with Crippen molar-refractivity contribution in [1.82, 2.24) is 4.98 Å². The molecule has 21 heavy (non-hydrogen) atoms. The van der Waals surface area contributed by atoms with E-state index in [-0.39, 0.29) is 12.2 Å². The summed E-state index contributed by atoms with van der Waals surface area (Å²) in [6.45, 7) is 4.58. The number of carbonyl (C=O) groups is 1. The number of hydrogen-bond donors (Lipinski definition) is 1. The minimum absolute atomic E-state index is 0.0410. The molecular weight excluding hydrogens is 291 g/mol. The van der Waals surface area contributed by atoms with Crippen molar-refractivity contribution < 1.29 is 14.3 Å². The molecule has 0 amide bonds. The normalized spacial score (nSPS) is 10.3. The second kappa shape index (κ2) is 6.99. The number of hydrogen-bond acceptors (Lipinski definition) is 4. The van der Waals surface area contributed by atoms with Crippen LogP contribution in [0.3, 0.4) is 0 Å². The molecule has 110 valence electrons. The molecule has 1 heterocycles. The molecule has 2 rings (SSSR count). The Bertz CT molecular complexity index is 625. The summed E-state index contributed by atoms with van der Waals surface area (Å²) >= 11 is 1.43. The number of halogens is 1. The third kappa shape index (κ3) is 4.13. The predicted molar refractivity (Wildman–Crippen MR) is 82.2 cm³/mol. The van der Waals surface area contributed by atoms with Crippen LogP contribution in [0.1, 0.15) is 6.42 Å². The molecule has 4 nitrogen and oxygen atoms in total. The molecule has 6 heteroatoms. The Morgan fingerprint density at radius 3 is 2.76 bits per heavy atom. The highest BCUT2D eigenvalue weighted by Crippen LogP contribution is 2.27. The van der Waals surface area contributed by atoms with Crippen LogP contribution in [-0.2, 0) is 4.79 Å². The number of carboxylic acids is 1. The van der Waals surface area contributed by atoms with Crippen LogP contribution in [0.5, 0.6) is 0 Å². The monoisotopic (exact) mass is 306 g/mol. The molecule has 0 aliphatic rings. The van der Waals surface area contributed by atoms with E-state index in [1.807, 2.05) is 10.3 Å². The van der Waals surface area contributed by atoms with E-state index in [1.54, 1.807) is 18.2 Å². The lowest BCUT2D eigenvalue weighted by Crippen LogP contribution is -2.26. The molecule has 0 fully saturated rings. The third-order valence-electron chi connectivity index (χ3n) is 2.85. The minimum atomic E-state index is -0.848. The van der Waals surface area contributed by atoms with Gasteiger partial charge in [-0.3, -0.25) is 4.79 Å². The summed E-state index contributed by atoms with van der Waals surface area (Å²) in [5, 5.41) is 11.4. The lowest BCUT2D eigenvalue weighted by molar-refractivity contribution is -0.136. The number of carboxylic acid groups (broad SMARTS) is 1. The van der Waals surface area contributed by atoms with Gasteiger partial charge in [0.2, 0.25) is 0 Å². The smallest absolute Gasteiger partial charge is 0.305 e. The number of rotatable bonds is 7. The van der Waals surface area contributed by atoms with E-state index in [9.17, 15) is 9.18 Å². The van der Waals surface area contributed by atoms with Crippen molar-refractivity contribution in [2.24, 2.45) is 0 Å². The Hall–Kier alpha value is -2.21. The van der Waals surface area contributed by atoms with Crippen LogP contribution in [0, 0.1) is 5.82 Å². The summed E-state index contributed by atoms with van der Waals surface area (Å²) in [4.78, 5) is 17.0. The molecule has 1 N–H and O–H groups in total. The zero-order valence-electron chi connectivity index (χ0n) is 11.3. The third-order valence-corrected chi connectivity index (χ3v) is 3.75. The summed E-state index contributed by atoms with van der Waals surface area (Å²) in [6, 6.07) is 6.12. The highest BCUT2D eigenvalue weighted by molar-refractivity contribution is 7.14. The SMILES string of the molecule is C=CCN(CCC(=O)O)c1nc(-c2ccc(F)cc2)cs1. The molecule has 0 aliphatic carbocycles. The fourth-order valence-electron chi connectivity index (χ4n) is 1.81. The van der Waals surface area contributed by atoms with Crippen molar-refractivity contribution in [3.05, 3.63) is 48.1 Å². The molecular formula is C15H15FN2O2S. The van der Waals surface area contributed by atoms with Crippen LogP contribution < -0.4 is 4.90 Å². The van der Waals surface area contributed by atoms with Gasteiger partial charge in [0.15, 0.2) is 5.13 Å². The van der Waals surface area contributed by atoms with E-state index in [0.29, 0.717) is 13.1 Å². The Morgan fingerprint density at radius 2 is 2.14 bits per heavy atom. The van der Waals surface area contributed by atoms with Crippen LogP contribution >= 0.6 is 11.3 Å². The number of benzene rings is 1. The fourth-order valence-corrected chi connectivity index (χ4v) is 2.69. The Kier molecular flexibility index (Phi) is 5.05. The zero-order valence-corrected chi connectivity index (χ0v) is 12.1. The molecule has 0 spiro atoms. The van der Waals surface area contributed by atoms with E-state index in [0.717, 1.165) is 16.4 Å². The fraction of sp³-hybridized carbons (Fsp3) is 0.200. The minimum Gasteiger partial charge on any atom is -0.481 e. The quantitative estimate of drug-likeness (QED) is 0.796. The van der Waals surface area contributed by atoms with Crippen molar-refractivity contribution >= 4 is 22.4 Å².